The van der Waals surface area contributed by atoms with Gasteiger partial charge in [-0.05, 0) is 18.1 Å². The zero-order valence-corrected chi connectivity index (χ0v) is 12.0. The quantitative estimate of drug-likeness (QED) is 0.480. The average Bonchev–Trinajstić information content (AvgIpc) is 2.65. The van der Waals surface area contributed by atoms with Crippen LogP contribution in [0.2, 0.25) is 0 Å². The highest BCUT2D eigenvalue weighted by Crippen LogP contribution is 2.13. The highest BCUT2D eigenvalue weighted by atomic mass is 16.2. The lowest BCUT2D eigenvalue weighted by atomic mass is 10.2. The van der Waals surface area contributed by atoms with Crippen molar-refractivity contribution in [3.8, 4) is 11.8 Å². The molecule has 0 atom stereocenters. The van der Waals surface area contributed by atoms with E-state index in [0.29, 0.717) is 0 Å². The smallest absolute Gasteiger partial charge is 0.263 e. The van der Waals surface area contributed by atoms with Crippen LogP contribution >= 0.6 is 0 Å². The van der Waals surface area contributed by atoms with Crippen LogP contribution in [-0.4, -0.2) is 40.7 Å². The summed E-state index contributed by atoms with van der Waals surface area (Å²) in [6.45, 7) is 3.92. The van der Waals surface area contributed by atoms with E-state index in [1.54, 1.807) is 0 Å². The summed E-state index contributed by atoms with van der Waals surface area (Å²) in [4.78, 5) is 37.5. The second kappa shape index (κ2) is 6.23. The highest BCUT2D eigenvalue weighted by molar-refractivity contribution is 6.44. The third-order valence-electron chi connectivity index (χ3n) is 2.93. The van der Waals surface area contributed by atoms with Gasteiger partial charge in [0.2, 0.25) is 0 Å². The zero-order valence-electron chi connectivity index (χ0n) is 12.0. The molecule has 1 aliphatic heterocycles. The van der Waals surface area contributed by atoms with E-state index in [0.717, 1.165) is 15.4 Å². The first kappa shape index (κ1) is 14.8. The number of hydrogen-bond acceptors (Lipinski definition) is 3. The summed E-state index contributed by atoms with van der Waals surface area (Å²) >= 11 is 0. The van der Waals surface area contributed by atoms with E-state index >= 15 is 0 Å². The van der Waals surface area contributed by atoms with E-state index in [1.165, 1.54) is 0 Å². The van der Waals surface area contributed by atoms with E-state index in [-0.39, 0.29) is 19.0 Å². The molecule has 2 rings (SSSR count). The molecule has 0 unspecified atom stereocenters. The Balaban J connectivity index is 2.07. The van der Waals surface area contributed by atoms with Crippen LogP contribution in [0.1, 0.15) is 19.4 Å². The predicted octanol–water partition coefficient (Wildman–Crippen LogP) is 1.48. The maximum Gasteiger partial charge on any atom is 0.335 e. The van der Waals surface area contributed by atoms with Gasteiger partial charge in [0.1, 0.15) is 0 Å². The first-order valence-electron chi connectivity index (χ1n) is 6.72. The van der Waals surface area contributed by atoms with Crippen molar-refractivity contribution in [1.82, 2.24) is 9.80 Å². The van der Waals surface area contributed by atoms with Crippen molar-refractivity contribution in [2.75, 3.05) is 13.1 Å². The number of carbonyl (C=O) groups is 3. The van der Waals surface area contributed by atoms with Crippen molar-refractivity contribution in [3.63, 3.8) is 0 Å². The summed E-state index contributed by atoms with van der Waals surface area (Å²) in [5.41, 5.74) is 0.793. The van der Waals surface area contributed by atoms with Crippen molar-refractivity contribution in [2.45, 2.75) is 13.8 Å². The third-order valence-corrected chi connectivity index (χ3v) is 2.93. The summed E-state index contributed by atoms with van der Waals surface area (Å²) < 4.78 is 0. The van der Waals surface area contributed by atoms with Crippen LogP contribution in [0.3, 0.4) is 0 Å². The maximum atomic E-state index is 12.0. The van der Waals surface area contributed by atoms with Crippen LogP contribution in [0, 0.1) is 17.8 Å². The number of hydrogen-bond donors (Lipinski definition) is 0. The topological polar surface area (TPSA) is 57.7 Å². The number of amides is 4. The second-order valence-corrected chi connectivity index (χ2v) is 5.15. The fraction of sp³-hybridized carbons (Fsp3) is 0.312. The van der Waals surface area contributed by atoms with Crippen molar-refractivity contribution in [3.05, 3.63) is 35.9 Å². The Morgan fingerprint density at radius 3 is 2.24 bits per heavy atom. The molecule has 1 aromatic carbocycles. The first-order chi connectivity index (χ1) is 10.0. The Morgan fingerprint density at radius 1 is 1.00 bits per heavy atom. The summed E-state index contributed by atoms with van der Waals surface area (Å²) in [5, 5.41) is 0. The number of imide groups is 2. The Labute approximate surface area is 123 Å². The molecule has 0 bridgehead atoms. The van der Waals surface area contributed by atoms with Crippen molar-refractivity contribution in [2.24, 2.45) is 5.92 Å². The van der Waals surface area contributed by atoms with Crippen LogP contribution in [0.4, 0.5) is 4.79 Å². The molecule has 108 valence electrons. The van der Waals surface area contributed by atoms with Crippen molar-refractivity contribution >= 4 is 17.8 Å². The molecule has 1 saturated heterocycles. The Kier molecular flexibility index (Phi) is 4.39. The highest BCUT2D eigenvalue weighted by Gasteiger charge is 2.43. The molecule has 4 amide bonds. The Morgan fingerprint density at radius 2 is 1.62 bits per heavy atom. The fourth-order valence-electron chi connectivity index (χ4n) is 1.96. The minimum atomic E-state index is -0.803. The Hall–Kier alpha value is -2.61. The van der Waals surface area contributed by atoms with E-state index in [1.807, 2.05) is 44.2 Å². The summed E-state index contributed by atoms with van der Waals surface area (Å²) in [7, 11) is 0. The van der Waals surface area contributed by atoms with Crippen LogP contribution < -0.4 is 0 Å². The van der Waals surface area contributed by atoms with Gasteiger partial charge in [0, 0.05) is 12.1 Å². The van der Waals surface area contributed by atoms with Gasteiger partial charge in [0.25, 0.3) is 0 Å². The fourth-order valence-corrected chi connectivity index (χ4v) is 1.96. The molecule has 5 nitrogen and oxygen atoms in total. The van der Waals surface area contributed by atoms with Gasteiger partial charge < -0.3 is 0 Å². The number of benzene rings is 1. The van der Waals surface area contributed by atoms with Crippen LogP contribution in [0.25, 0.3) is 0 Å². The number of rotatable bonds is 3. The molecule has 0 radical (unpaired) electrons. The molecular formula is C16H16N2O3. The lowest BCUT2D eigenvalue weighted by molar-refractivity contribution is -0.143. The van der Waals surface area contributed by atoms with Crippen molar-refractivity contribution in [1.29, 1.82) is 0 Å². The minimum Gasteiger partial charge on any atom is -0.263 e. The lowest BCUT2D eigenvalue weighted by Gasteiger charge is -2.15. The van der Waals surface area contributed by atoms with Crippen LogP contribution in [0.5, 0.6) is 0 Å². The Bertz CT molecular complexity index is 626. The predicted molar refractivity (Wildman–Crippen MR) is 77.0 cm³/mol. The van der Waals surface area contributed by atoms with Gasteiger partial charge >= 0.3 is 17.8 Å². The van der Waals surface area contributed by atoms with E-state index < -0.39 is 17.8 Å². The molecule has 21 heavy (non-hydrogen) atoms. The van der Waals surface area contributed by atoms with Gasteiger partial charge in [-0.2, -0.15) is 0 Å². The van der Waals surface area contributed by atoms with Gasteiger partial charge in [0.05, 0.1) is 6.54 Å². The van der Waals surface area contributed by atoms with Gasteiger partial charge in [-0.1, -0.05) is 43.9 Å². The lowest BCUT2D eigenvalue weighted by Crippen LogP contribution is -2.35. The van der Waals surface area contributed by atoms with Crippen LogP contribution in [0.15, 0.2) is 30.3 Å². The molecule has 0 N–H and O–H groups in total. The number of nitrogens with zero attached hydrogens (tertiary/aromatic N) is 2. The molecule has 0 spiro atoms. The molecular weight excluding hydrogens is 268 g/mol. The summed E-state index contributed by atoms with van der Waals surface area (Å²) in [6, 6.07) is 8.66. The van der Waals surface area contributed by atoms with Crippen LogP contribution in [-0.2, 0) is 9.59 Å². The van der Waals surface area contributed by atoms with E-state index in [2.05, 4.69) is 11.8 Å². The SMILES string of the molecule is CC(C)CN1C(=O)C(=O)N(CC#Cc2ccccc2)C1=O. The molecule has 0 aliphatic carbocycles. The van der Waals surface area contributed by atoms with Gasteiger partial charge in [-0.15, -0.1) is 0 Å². The molecule has 1 heterocycles. The molecule has 1 fully saturated rings. The van der Waals surface area contributed by atoms with Gasteiger partial charge in [-0.3, -0.25) is 14.5 Å². The van der Waals surface area contributed by atoms with Gasteiger partial charge in [-0.25, -0.2) is 9.69 Å². The largest absolute Gasteiger partial charge is 0.335 e. The normalized spacial score (nSPS) is 14.7. The summed E-state index contributed by atoms with van der Waals surface area (Å²) in [6.07, 6.45) is 0. The molecule has 1 aliphatic rings. The van der Waals surface area contributed by atoms with Crippen molar-refractivity contribution < 1.29 is 14.4 Å². The number of urea groups is 1. The third kappa shape index (κ3) is 3.29. The van der Waals surface area contributed by atoms with E-state index in [4.69, 9.17) is 0 Å². The standard InChI is InChI=1S/C16H16N2O3/c1-12(2)11-18-15(20)14(19)17(16(18)21)10-6-9-13-7-4-3-5-8-13/h3-5,7-8,12H,10-11H2,1-2H3. The maximum absolute atomic E-state index is 12.0. The zero-order chi connectivity index (χ0) is 15.4. The van der Waals surface area contributed by atoms with Gasteiger partial charge in [0.15, 0.2) is 0 Å². The molecule has 1 aromatic rings. The average molecular weight is 284 g/mol. The second-order valence-electron chi connectivity index (χ2n) is 5.15. The van der Waals surface area contributed by atoms with E-state index in [9.17, 15) is 14.4 Å². The molecule has 0 aromatic heterocycles. The number of carbonyl (C=O) groups excluding carboxylic acids is 3. The summed E-state index contributed by atoms with van der Waals surface area (Å²) in [5.74, 6) is 4.15. The monoisotopic (exact) mass is 284 g/mol. The molecule has 0 saturated carbocycles. The molecule has 5 heteroatoms. The minimum absolute atomic E-state index is 0.0765. The first-order valence-corrected chi connectivity index (χ1v) is 6.72.